The standard InChI is InChI=1S/C17H25N3O2/c1-3-19(4-2)17(22)15(13-8-6-5-7-9-13)20-11-10-14(12-20)16(18)21/h5-9,14-15H,3-4,10-12H2,1-2H3,(H2,18,21). The molecule has 1 fully saturated rings. The molecule has 0 spiro atoms. The minimum Gasteiger partial charge on any atom is -0.369 e. The molecular weight excluding hydrogens is 278 g/mol. The van der Waals surface area contributed by atoms with Crippen LogP contribution >= 0.6 is 0 Å². The van der Waals surface area contributed by atoms with E-state index in [-0.39, 0.29) is 23.8 Å². The molecule has 2 unspecified atom stereocenters. The van der Waals surface area contributed by atoms with Crippen molar-refractivity contribution in [3.05, 3.63) is 35.9 Å². The fourth-order valence-electron chi connectivity index (χ4n) is 3.11. The number of nitrogens with two attached hydrogens (primary N) is 1. The Hall–Kier alpha value is -1.88. The van der Waals surface area contributed by atoms with Crippen LogP contribution in [0.1, 0.15) is 31.9 Å². The van der Waals surface area contributed by atoms with Gasteiger partial charge in [0.05, 0.1) is 5.92 Å². The van der Waals surface area contributed by atoms with E-state index in [1.54, 1.807) is 0 Å². The third-order valence-corrected chi connectivity index (χ3v) is 4.41. The predicted octanol–water partition coefficient (Wildman–Crippen LogP) is 1.40. The molecule has 0 saturated carbocycles. The highest BCUT2D eigenvalue weighted by atomic mass is 16.2. The molecule has 22 heavy (non-hydrogen) atoms. The second kappa shape index (κ2) is 7.40. The van der Waals surface area contributed by atoms with Crippen LogP contribution in [0.4, 0.5) is 0 Å². The first-order chi connectivity index (χ1) is 10.6. The highest BCUT2D eigenvalue weighted by Crippen LogP contribution is 2.29. The van der Waals surface area contributed by atoms with Gasteiger partial charge in [0.1, 0.15) is 6.04 Å². The lowest BCUT2D eigenvalue weighted by Gasteiger charge is -2.31. The van der Waals surface area contributed by atoms with Gasteiger partial charge in [-0.25, -0.2) is 0 Å². The summed E-state index contributed by atoms with van der Waals surface area (Å²) in [6.07, 6.45) is 0.726. The maximum atomic E-state index is 12.9. The molecule has 0 bridgehead atoms. The molecule has 1 aromatic carbocycles. The zero-order chi connectivity index (χ0) is 16.1. The third kappa shape index (κ3) is 3.47. The van der Waals surface area contributed by atoms with E-state index < -0.39 is 0 Å². The second-order valence-corrected chi connectivity index (χ2v) is 5.71. The Kier molecular flexibility index (Phi) is 5.55. The lowest BCUT2D eigenvalue weighted by molar-refractivity contribution is -0.137. The number of hydrogen-bond acceptors (Lipinski definition) is 3. The van der Waals surface area contributed by atoms with Crippen LogP contribution in [-0.4, -0.2) is 47.8 Å². The minimum absolute atomic E-state index is 0.0984. The molecule has 2 N–H and O–H groups in total. The van der Waals surface area contributed by atoms with Crippen molar-refractivity contribution < 1.29 is 9.59 Å². The van der Waals surface area contributed by atoms with E-state index in [4.69, 9.17) is 5.73 Å². The van der Waals surface area contributed by atoms with Crippen molar-refractivity contribution in [3.8, 4) is 0 Å². The summed E-state index contributed by atoms with van der Waals surface area (Å²) in [7, 11) is 0. The maximum absolute atomic E-state index is 12.9. The summed E-state index contributed by atoms with van der Waals surface area (Å²) in [5, 5.41) is 0. The van der Waals surface area contributed by atoms with E-state index in [1.807, 2.05) is 49.1 Å². The monoisotopic (exact) mass is 303 g/mol. The van der Waals surface area contributed by atoms with Gasteiger partial charge in [-0.05, 0) is 25.8 Å². The van der Waals surface area contributed by atoms with Crippen LogP contribution in [0.15, 0.2) is 30.3 Å². The number of likely N-dealkylation sites (N-methyl/N-ethyl adjacent to an activating group) is 1. The van der Waals surface area contributed by atoms with Gasteiger partial charge in [-0.1, -0.05) is 30.3 Å². The molecule has 0 aliphatic carbocycles. The molecule has 1 saturated heterocycles. The predicted molar refractivity (Wildman–Crippen MR) is 86.0 cm³/mol. The van der Waals surface area contributed by atoms with Crippen molar-refractivity contribution >= 4 is 11.8 Å². The summed E-state index contributed by atoms with van der Waals surface area (Å²) < 4.78 is 0. The number of carbonyl (C=O) groups excluding carboxylic acids is 2. The Labute approximate surface area is 132 Å². The van der Waals surface area contributed by atoms with E-state index in [1.165, 1.54) is 0 Å². The fourth-order valence-corrected chi connectivity index (χ4v) is 3.11. The summed E-state index contributed by atoms with van der Waals surface area (Å²) in [6, 6.07) is 9.45. The molecule has 1 aromatic rings. The van der Waals surface area contributed by atoms with Crippen LogP contribution in [0.5, 0.6) is 0 Å². The van der Waals surface area contributed by atoms with E-state index in [0.29, 0.717) is 19.6 Å². The molecule has 2 rings (SSSR count). The second-order valence-electron chi connectivity index (χ2n) is 5.71. The van der Waals surface area contributed by atoms with Gasteiger partial charge < -0.3 is 10.6 Å². The summed E-state index contributed by atoms with van der Waals surface area (Å²) >= 11 is 0. The maximum Gasteiger partial charge on any atom is 0.244 e. The van der Waals surface area contributed by atoms with Crippen molar-refractivity contribution in [2.24, 2.45) is 11.7 Å². The normalized spacial score (nSPS) is 19.8. The highest BCUT2D eigenvalue weighted by Gasteiger charge is 2.36. The Bertz CT molecular complexity index is 514. The summed E-state index contributed by atoms with van der Waals surface area (Å²) in [5.41, 5.74) is 6.40. The van der Waals surface area contributed by atoms with Crippen molar-refractivity contribution in [2.45, 2.75) is 26.3 Å². The summed E-state index contributed by atoms with van der Waals surface area (Å²) in [4.78, 5) is 28.3. The molecule has 0 radical (unpaired) electrons. The highest BCUT2D eigenvalue weighted by molar-refractivity contribution is 5.84. The van der Waals surface area contributed by atoms with Crippen LogP contribution in [0.3, 0.4) is 0 Å². The Morgan fingerprint density at radius 3 is 2.41 bits per heavy atom. The summed E-state index contributed by atoms with van der Waals surface area (Å²) in [6.45, 7) is 6.62. The Morgan fingerprint density at radius 2 is 1.91 bits per heavy atom. The largest absolute Gasteiger partial charge is 0.369 e. The van der Waals surface area contributed by atoms with Gasteiger partial charge >= 0.3 is 0 Å². The SMILES string of the molecule is CCN(CC)C(=O)C(c1ccccc1)N1CCC(C(N)=O)C1. The Balaban J connectivity index is 2.27. The molecule has 1 aliphatic rings. The average Bonchev–Trinajstić information content (AvgIpc) is 3.00. The first-order valence-electron chi connectivity index (χ1n) is 7.95. The van der Waals surface area contributed by atoms with E-state index >= 15 is 0 Å². The van der Waals surface area contributed by atoms with E-state index in [2.05, 4.69) is 4.90 Å². The van der Waals surface area contributed by atoms with Crippen LogP contribution < -0.4 is 5.73 Å². The summed E-state index contributed by atoms with van der Waals surface area (Å²) in [5.74, 6) is -0.332. The fraction of sp³-hybridized carbons (Fsp3) is 0.529. The van der Waals surface area contributed by atoms with Gasteiger partial charge in [-0.15, -0.1) is 0 Å². The first-order valence-corrected chi connectivity index (χ1v) is 7.95. The van der Waals surface area contributed by atoms with Gasteiger partial charge in [0.2, 0.25) is 11.8 Å². The lowest BCUT2D eigenvalue weighted by Crippen LogP contribution is -2.42. The average molecular weight is 303 g/mol. The number of likely N-dealkylation sites (tertiary alicyclic amines) is 1. The molecule has 5 heteroatoms. The van der Waals surface area contributed by atoms with Crippen LogP contribution in [-0.2, 0) is 9.59 Å². The van der Waals surface area contributed by atoms with Gasteiger partial charge in [0.15, 0.2) is 0 Å². The van der Waals surface area contributed by atoms with Gasteiger partial charge in [0, 0.05) is 26.2 Å². The molecular formula is C17H25N3O2. The lowest BCUT2D eigenvalue weighted by atomic mass is 10.0. The number of carbonyl (C=O) groups is 2. The minimum atomic E-state index is -0.328. The number of primary amides is 1. The number of hydrogen-bond donors (Lipinski definition) is 1. The molecule has 2 atom stereocenters. The molecule has 1 aliphatic heterocycles. The third-order valence-electron chi connectivity index (χ3n) is 4.41. The van der Waals surface area contributed by atoms with Crippen LogP contribution in [0.25, 0.3) is 0 Å². The number of rotatable bonds is 6. The van der Waals surface area contributed by atoms with E-state index in [9.17, 15) is 9.59 Å². The Morgan fingerprint density at radius 1 is 1.27 bits per heavy atom. The topological polar surface area (TPSA) is 66.6 Å². The van der Waals surface area contributed by atoms with Crippen molar-refractivity contribution in [1.29, 1.82) is 0 Å². The van der Waals surface area contributed by atoms with Gasteiger partial charge in [-0.2, -0.15) is 0 Å². The van der Waals surface area contributed by atoms with Crippen LogP contribution in [0, 0.1) is 5.92 Å². The number of benzene rings is 1. The van der Waals surface area contributed by atoms with E-state index in [0.717, 1.165) is 18.5 Å². The van der Waals surface area contributed by atoms with Crippen LogP contribution in [0.2, 0.25) is 0 Å². The number of nitrogens with zero attached hydrogens (tertiary/aromatic N) is 2. The zero-order valence-corrected chi connectivity index (χ0v) is 13.4. The van der Waals surface area contributed by atoms with Crippen molar-refractivity contribution in [1.82, 2.24) is 9.80 Å². The zero-order valence-electron chi connectivity index (χ0n) is 13.4. The molecule has 0 aromatic heterocycles. The first kappa shape index (κ1) is 16.5. The molecule has 5 nitrogen and oxygen atoms in total. The van der Waals surface area contributed by atoms with Crippen molar-refractivity contribution in [2.75, 3.05) is 26.2 Å². The quantitative estimate of drug-likeness (QED) is 0.864. The number of amides is 2. The van der Waals surface area contributed by atoms with Gasteiger partial charge in [-0.3, -0.25) is 14.5 Å². The molecule has 120 valence electrons. The smallest absolute Gasteiger partial charge is 0.244 e. The molecule has 2 amide bonds. The van der Waals surface area contributed by atoms with Crippen molar-refractivity contribution in [3.63, 3.8) is 0 Å². The molecule has 1 heterocycles. The van der Waals surface area contributed by atoms with Gasteiger partial charge in [0.25, 0.3) is 0 Å².